The largest absolute Gasteiger partial charge is 0.496 e. The highest BCUT2D eigenvalue weighted by atomic mass is 16.5. The normalized spacial score (nSPS) is 12.5. The Morgan fingerprint density at radius 3 is 1.09 bits per heavy atom. The van der Waals surface area contributed by atoms with Crippen LogP contribution in [0.5, 0.6) is 11.5 Å². The molecule has 22 nitrogen and oxygen atoms in total. The summed E-state index contributed by atoms with van der Waals surface area (Å²) >= 11 is 0. The maximum Gasteiger partial charge on any atom is 0.255 e. The second-order valence-electron chi connectivity index (χ2n) is 16.4. The Labute approximate surface area is 407 Å². The number of hydrogen-bond acceptors (Lipinski definition) is 14. The molecule has 18 N–H and O–H groups in total. The first kappa shape index (κ1) is 57.2. The van der Waals surface area contributed by atoms with Crippen molar-refractivity contribution in [3.63, 3.8) is 0 Å². The number of hydrogen-bond donors (Lipinski definition) is 12. The van der Waals surface area contributed by atoms with Crippen molar-refractivity contribution in [1.82, 2.24) is 21.3 Å². The van der Waals surface area contributed by atoms with Gasteiger partial charge in [-0.2, -0.15) is 0 Å². The fourth-order valence-electron chi connectivity index (χ4n) is 7.22. The topological polar surface area (TPSA) is 383 Å². The lowest BCUT2D eigenvalue weighted by molar-refractivity contribution is -0.120. The van der Waals surface area contributed by atoms with E-state index in [1.165, 1.54) is 74.9 Å². The van der Waals surface area contributed by atoms with Crippen LogP contribution in [0.25, 0.3) is 0 Å². The van der Waals surface area contributed by atoms with Gasteiger partial charge in [0.2, 0.25) is 23.6 Å². The third kappa shape index (κ3) is 18.4. The minimum Gasteiger partial charge on any atom is -0.496 e. The van der Waals surface area contributed by atoms with Gasteiger partial charge in [-0.15, -0.1) is 0 Å². The van der Waals surface area contributed by atoms with E-state index in [2.05, 4.69) is 31.9 Å². The summed E-state index contributed by atoms with van der Waals surface area (Å²) in [7, 11) is 2.72. The number of nitrogens with two attached hydrogens (primary N) is 6. The molecule has 0 unspecified atom stereocenters. The van der Waals surface area contributed by atoms with Crippen LogP contribution in [0.2, 0.25) is 0 Å². The minimum absolute atomic E-state index is 0.0176. The molecule has 0 aromatic heterocycles. The standard InChI is InChI=1S/C48H70N12O10/c1-69-39-20-18-31(27-33(39)45(65)57-35(41(53)61)14-3-7-22-49)55-47(67)37(16-5-9-24-51)59-43(63)29-12-11-13-30(26-29)44(64)60-38(17-6-10-25-52)48(68)56-32-19-21-40(70-2)34(28-32)46(66)58-36(42(54)62)15-4-8-23-50/h11-13,18-21,26-28,35-38H,3-10,14-17,22-25,49-52H2,1-2H3,(H2,53,61)(H2,54,62)(H,55,67)(H,56,68)(H,57,65)(H,58,66)(H,59,63)(H,60,64)/t35-,36-,37-,38-/m0/s1. The summed E-state index contributed by atoms with van der Waals surface area (Å²) in [4.78, 5) is 106. The van der Waals surface area contributed by atoms with E-state index < -0.39 is 71.4 Å². The van der Waals surface area contributed by atoms with Crippen LogP contribution in [0.3, 0.4) is 0 Å². The zero-order valence-corrected chi connectivity index (χ0v) is 39.9. The van der Waals surface area contributed by atoms with Crippen molar-refractivity contribution in [2.45, 2.75) is 101 Å². The maximum atomic E-state index is 13.8. The number of benzene rings is 3. The monoisotopic (exact) mass is 975 g/mol. The first-order valence-corrected chi connectivity index (χ1v) is 23.3. The Morgan fingerprint density at radius 2 is 0.771 bits per heavy atom. The number of primary amides is 2. The predicted molar refractivity (Wildman–Crippen MR) is 265 cm³/mol. The number of carbonyl (C=O) groups is 8. The fourth-order valence-corrected chi connectivity index (χ4v) is 7.22. The SMILES string of the molecule is COc1ccc(NC(=O)[C@H](CCCCN)NC(=O)c2cccc(C(=O)N[C@@H](CCCCN)C(=O)Nc3ccc(OC)c(C(=O)N[C@@H](CCCCN)C(N)=O)c3)c2)cc1C(=O)N[C@@H](CCCCN)C(N)=O. The average Bonchev–Trinajstić information content (AvgIpc) is 3.34. The summed E-state index contributed by atoms with van der Waals surface area (Å²) in [6.45, 7) is 1.50. The Bertz CT molecular complexity index is 2110. The van der Waals surface area contributed by atoms with Gasteiger partial charge in [0, 0.05) is 22.5 Å². The predicted octanol–water partition coefficient (Wildman–Crippen LogP) is 0.861. The number of ether oxygens (including phenoxy) is 2. The maximum absolute atomic E-state index is 13.8. The molecule has 382 valence electrons. The van der Waals surface area contributed by atoms with E-state index in [0.29, 0.717) is 77.5 Å². The Kier molecular flexibility index (Phi) is 24.8. The van der Waals surface area contributed by atoms with Crippen LogP contribution in [-0.4, -0.2) is 112 Å². The molecule has 0 bridgehead atoms. The van der Waals surface area contributed by atoms with Gasteiger partial charge in [-0.05, 0) is 158 Å². The van der Waals surface area contributed by atoms with Crippen molar-refractivity contribution in [3.8, 4) is 11.5 Å². The summed E-state index contributed by atoms with van der Waals surface area (Å²) in [6.07, 6.45) is 5.34. The van der Waals surface area contributed by atoms with E-state index in [-0.39, 0.29) is 70.8 Å². The van der Waals surface area contributed by atoms with E-state index in [0.717, 1.165) is 0 Å². The second kappa shape index (κ2) is 30.4. The highest BCUT2D eigenvalue weighted by molar-refractivity contribution is 6.06. The molecule has 0 radical (unpaired) electrons. The zero-order chi connectivity index (χ0) is 51.6. The van der Waals surface area contributed by atoms with Crippen LogP contribution in [-0.2, 0) is 19.2 Å². The molecule has 3 rings (SSSR count). The van der Waals surface area contributed by atoms with Crippen molar-refractivity contribution in [2.24, 2.45) is 34.4 Å². The van der Waals surface area contributed by atoms with E-state index in [9.17, 15) is 38.4 Å². The molecule has 0 aliphatic heterocycles. The van der Waals surface area contributed by atoms with Gasteiger partial charge in [0.05, 0.1) is 25.3 Å². The van der Waals surface area contributed by atoms with Gasteiger partial charge in [0.15, 0.2) is 0 Å². The van der Waals surface area contributed by atoms with Gasteiger partial charge < -0.3 is 75.8 Å². The molecule has 0 saturated heterocycles. The molecule has 0 heterocycles. The average molecular weight is 975 g/mol. The molecule has 3 aromatic rings. The van der Waals surface area contributed by atoms with Gasteiger partial charge in [-0.1, -0.05) is 6.07 Å². The Hall–Kier alpha value is -7.14. The molecular formula is C48H70N12O10. The van der Waals surface area contributed by atoms with Crippen LogP contribution in [0.15, 0.2) is 60.7 Å². The third-order valence-corrected chi connectivity index (χ3v) is 11.1. The molecule has 22 heteroatoms. The molecule has 0 saturated carbocycles. The fraction of sp³-hybridized carbons (Fsp3) is 0.458. The quantitative estimate of drug-likeness (QED) is 0.0386. The van der Waals surface area contributed by atoms with Gasteiger partial charge in [-0.3, -0.25) is 38.4 Å². The highest BCUT2D eigenvalue weighted by Crippen LogP contribution is 2.25. The van der Waals surface area contributed by atoms with E-state index >= 15 is 0 Å². The lowest BCUT2D eigenvalue weighted by Crippen LogP contribution is -2.45. The van der Waals surface area contributed by atoms with E-state index in [1.54, 1.807) is 0 Å². The third-order valence-electron chi connectivity index (χ3n) is 11.1. The van der Waals surface area contributed by atoms with Gasteiger partial charge >= 0.3 is 0 Å². The molecule has 0 aliphatic rings. The molecule has 3 aromatic carbocycles. The van der Waals surface area contributed by atoms with Crippen LogP contribution >= 0.6 is 0 Å². The van der Waals surface area contributed by atoms with Crippen molar-refractivity contribution in [3.05, 3.63) is 82.9 Å². The van der Waals surface area contributed by atoms with Crippen LogP contribution < -0.4 is 75.8 Å². The van der Waals surface area contributed by atoms with Gasteiger partial charge in [-0.25, -0.2) is 0 Å². The number of amides is 8. The summed E-state index contributed by atoms with van der Waals surface area (Å²) in [5, 5.41) is 16.2. The van der Waals surface area contributed by atoms with Crippen molar-refractivity contribution >= 4 is 58.6 Å². The number of rotatable bonds is 32. The van der Waals surface area contributed by atoms with Crippen LogP contribution in [0.4, 0.5) is 11.4 Å². The zero-order valence-electron chi connectivity index (χ0n) is 39.9. The molecule has 8 amide bonds. The minimum atomic E-state index is -1.09. The van der Waals surface area contributed by atoms with Crippen molar-refractivity contribution < 1.29 is 47.8 Å². The van der Waals surface area contributed by atoms with E-state index in [1.807, 2.05) is 0 Å². The first-order valence-electron chi connectivity index (χ1n) is 23.3. The second-order valence-corrected chi connectivity index (χ2v) is 16.4. The molecule has 0 aliphatic carbocycles. The first-order chi connectivity index (χ1) is 33.6. The molecule has 4 atom stereocenters. The number of anilines is 2. The van der Waals surface area contributed by atoms with Gasteiger partial charge in [0.1, 0.15) is 35.7 Å². The van der Waals surface area contributed by atoms with Gasteiger partial charge in [0.25, 0.3) is 23.6 Å². The summed E-state index contributed by atoms with van der Waals surface area (Å²) in [6, 6.07) is 10.3. The number of carbonyl (C=O) groups excluding carboxylic acids is 8. The van der Waals surface area contributed by atoms with Crippen molar-refractivity contribution in [1.29, 1.82) is 0 Å². The highest BCUT2D eigenvalue weighted by Gasteiger charge is 2.27. The smallest absolute Gasteiger partial charge is 0.255 e. The number of unbranched alkanes of at least 4 members (excludes halogenated alkanes) is 4. The summed E-state index contributed by atoms with van der Waals surface area (Å²) < 4.78 is 10.7. The lowest BCUT2D eigenvalue weighted by Gasteiger charge is -2.21. The van der Waals surface area contributed by atoms with Crippen LogP contribution in [0, 0.1) is 0 Å². The van der Waals surface area contributed by atoms with Crippen LogP contribution in [0.1, 0.15) is 118 Å². The van der Waals surface area contributed by atoms with Crippen molar-refractivity contribution in [2.75, 3.05) is 51.0 Å². The number of nitrogens with one attached hydrogen (secondary N) is 6. The molecule has 0 fully saturated rings. The molecular weight excluding hydrogens is 905 g/mol. The Balaban J connectivity index is 1.80. The Morgan fingerprint density at radius 1 is 0.443 bits per heavy atom. The molecule has 0 spiro atoms. The summed E-state index contributed by atoms with van der Waals surface area (Å²) in [5.41, 5.74) is 34.2. The lowest BCUT2D eigenvalue weighted by atomic mass is 10.0. The summed E-state index contributed by atoms with van der Waals surface area (Å²) in [5.74, 6) is -5.03. The number of methoxy groups -OCH3 is 2. The van der Waals surface area contributed by atoms with E-state index in [4.69, 9.17) is 43.9 Å². The molecule has 70 heavy (non-hydrogen) atoms.